The lowest BCUT2D eigenvalue weighted by molar-refractivity contribution is 0.206. The second-order valence-corrected chi connectivity index (χ2v) is 3.40. The Morgan fingerprint density at radius 2 is 2.11 bits per heavy atom. The molecule has 1 nitrogen and oxygen atoms in total. The van der Waals surface area contributed by atoms with Gasteiger partial charge in [0, 0.05) is 5.92 Å². The molecule has 1 rings (SSSR count). The third kappa shape index (κ3) is 1.22. The first-order valence-electron chi connectivity index (χ1n) is 3.01. The van der Waals surface area contributed by atoms with Crippen LogP contribution in [-0.4, -0.2) is 16.4 Å². The quantitative estimate of drug-likeness (QED) is 0.428. The summed E-state index contributed by atoms with van der Waals surface area (Å²) in [6.07, 6.45) is 0.250. The fourth-order valence-electron chi connectivity index (χ4n) is 0.832. The summed E-state index contributed by atoms with van der Waals surface area (Å²) < 4.78 is 5.24. The summed E-state index contributed by atoms with van der Waals surface area (Å²) in [5.74, 6) is 0.459. The lowest BCUT2D eigenvalue weighted by Crippen LogP contribution is -2.14. The van der Waals surface area contributed by atoms with E-state index in [0.717, 1.165) is 0 Å². The molecule has 52 valence electrons. The summed E-state index contributed by atoms with van der Waals surface area (Å²) in [7, 11) is 0. The van der Waals surface area contributed by atoms with Gasteiger partial charge in [-0.2, -0.15) is 12.6 Å². The Morgan fingerprint density at radius 3 is 2.22 bits per heavy atom. The highest BCUT2D eigenvalue weighted by Gasteiger charge is 2.33. The zero-order valence-corrected chi connectivity index (χ0v) is 7.21. The maximum absolute atomic E-state index is 5.24. The first kappa shape index (κ1) is 7.35. The van der Waals surface area contributed by atoms with Crippen molar-refractivity contribution in [2.45, 2.75) is 25.2 Å². The average molecular weight is 162 g/mol. The van der Waals surface area contributed by atoms with Gasteiger partial charge in [0.05, 0.1) is 5.25 Å². The molecule has 1 aliphatic heterocycles. The minimum atomic E-state index is 0.162. The summed E-state index contributed by atoms with van der Waals surface area (Å²) in [4.78, 5) is 0. The Morgan fingerprint density at radius 1 is 1.56 bits per heavy atom. The third-order valence-corrected chi connectivity index (χ3v) is 3.01. The molecule has 0 aliphatic carbocycles. The van der Waals surface area contributed by atoms with Crippen LogP contribution in [0.15, 0.2) is 0 Å². The van der Waals surface area contributed by atoms with Crippen LogP contribution in [0.5, 0.6) is 0 Å². The molecule has 3 atom stereocenters. The van der Waals surface area contributed by atoms with Crippen molar-refractivity contribution in [3.63, 3.8) is 0 Å². The van der Waals surface area contributed by atoms with Crippen molar-refractivity contribution in [1.82, 2.24) is 0 Å². The highest BCUT2D eigenvalue weighted by molar-refractivity contribution is 7.86. The van der Waals surface area contributed by atoms with Gasteiger partial charge in [-0.3, -0.25) is 0 Å². The standard InChI is InChI=1S/C6H10OS2/c1-3-4(2)7-6(9)5(3)8/h3-5,8H,1-2H3. The Labute approximate surface area is 66.2 Å². The SMILES string of the molecule is CC1OC(=S)C(S)C1C. The van der Waals surface area contributed by atoms with Gasteiger partial charge in [0.1, 0.15) is 6.10 Å². The predicted molar refractivity (Wildman–Crippen MR) is 45.1 cm³/mol. The van der Waals surface area contributed by atoms with Crippen LogP contribution in [0.1, 0.15) is 13.8 Å². The highest BCUT2D eigenvalue weighted by Crippen LogP contribution is 2.26. The molecule has 0 aromatic carbocycles. The molecule has 0 bridgehead atoms. The van der Waals surface area contributed by atoms with Crippen LogP contribution in [0.2, 0.25) is 0 Å². The van der Waals surface area contributed by atoms with E-state index in [2.05, 4.69) is 19.6 Å². The van der Waals surface area contributed by atoms with Crippen molar-refractivity contribution in [2.24, 2.45) is 5.92 Å². The zero-order chi connectivity index (χ0) is 7.02. The largest absolute Gasteiger partial charge is 0.483 e. The zero-order valence-electron chi connectivity index (χ0n) is 5.50. The van der Waals surface area contributed by atoms with Crippen molar-refractivity contribution in [3.05, 3.63) is 0 Å². The van der Waals surface area contributed by atoms with Crippen molar-refractivity contribution >= 4 is 29.9 Å². The van der Waals surface area contributed by atoms with Crippen molar-refractivity contribution < 1.29 is 4.74 Å². The van der Waals surface area contributed by atoms with Crippen LogP contribution in [0.25, 0.3) is 0 Å². The molecule has 3 unspecified atom stereocenters. The van der Waals surface area contributed by atoms with E-state index in [1.54, 1.807) is 0 Å². The molecule has 9 heavy (non-hydrogen) atoms. The van der Waals surface area contributed by atoms with E-state index >= 15 is 0 Å². The average Bonchev–Trinajstić information content (AvgIpc) is 1.98. The molecule has 1 aliphatic rings. The highest BCUT2D eigenvalue weighted by atomic mass is 32.1. The van der Waals surface area contributed by atoms with E-state index in [9.17, 15) is 0 Å². The van der Waals surface area contributed by atoms with Crippen LogP contribution < -0.4 is 0 Å². The van der Waals surface area contributed by atoms with Crippen molar-refractivity contribution in [3.8, 4) is 0 Å². The maximum atomic E-state index is 5.24. The summed E-state index contributed by atoms with van der Waals surface area (Å²) in [6.45, 7) is 4.12. The van der Waals surface area contributed by atoms with Crippen LogP contribution in [-0.2, 0) is 4.74 Å². The number of ether oxygens (including phenoxy) is 1. The number of thiocarbonyl (C=S) groups is 1. The van der Waals surface area contributed by atoms with Gasteiger partial charge >= 0.3 is 0 Å². The first-order valence-corrected chi connectivity index (χ1v) is 3.94. The molecule has 0 amide bonds. The fourth-order valence-corrected chi connectivity index (χ4v) is 1.50. The second-order valence-electron chi connectivity index (χ2n) is 2.45. The maximum Gasteiger partial charge on any atom is 0.173 e. The molecule has 0 N–H and O–H groups in total. The molecule has 0 radical (unpaired) electrons. The van der Waals surface area contributed by atoms with Gasteiger partial charge in [0.15, 0.2) is 5.05 Å². The minimum absolute atomic E-state index is 0.162. The van der Waals surface area contributed by atoms with Crippen LogP contribution >= 0.6 is 24.8 Å². The molecule has 1 fully saturated rings. The molecule has 0 spiro atoms. The van der Waals surface area contributed by atoms with Gasteiger partial charge < -0.3 is 4.74 Å². The number of hydrogen-bond donors (Lipinski definition) is 1. The summed E-state index contributed by atoms with van der Waals surface area (Å²) in [6, 6.07) is 0. The minimum Gasteiger partial charge on any atom is -0.483 e. The number of thiol groups is 1. The van der Waals surface area contributed by atoms with Gasteiger partial charge in [-0.15, -0.1) is 0 Å². The summed E-state index contributed by atoms with van der Waals surface area (Å²) >= 11 is 9.17. The van der Waals surface area contributed by atoms with Gasteiger partial charge in [0.2, 0.25) is 0 Å². The van der Waals surface area contributed by atoms with E-state index in [4.69, 9.17) is 17.0 Å². The van der Waals surface area contributed by atoms with Crippen LogP contribution in [0, 0.1) is 5.92 Å². The monoisotopic (exact) mass is 162 g/mol. The summed E-state index contributed by atoms with van der Waals surface area (Å²) in [5, 5.41) is 0.813. The number of rotatable bonds is 0. The van der Waals surface area contributed by atoms with E-state index in [1.165, 1.54) is 0 Å². The lowest BCUT2D eigenvalue weighted by Gasteiger charge is -2.06. The Hall–Kier alpha value is 0.240. The Balaban J connectivity index is 2.65. The van der Waals surface area contributed by atoms with Crippen molar-refractivity contribution in [1.29, 1.82) is 0 Å². The molecular weight excluding hydrogens is 152 g/mol. The van der Waals surface area contributed by atoms with Gasteiger partial charge in [-0.1, -0.05) is 6.92 Å². The lowest BCUT2D eigenvalue weighted by atomic mass is 10.1. The van der Waals surface area contributed by atoms with Crippen LogP contribution in [0.4, 0.5) is 0 Å². The Kier molecular flexibility index (Phi) is 2.01. The second kappa shape index (κ2) is 2.46. The third-order valence-electron chi connectivity index (χ3n) is 1.78. The Bertz CT molecular complexity index is 135. The molecule has 0 aromatic rings. The van der Waals surface area contributed by atoms with E-state index in [0.29, 0.717) is 11.0 Å². The topological polar surface area (TPSA) is 9.23 Å². The molecule has 1 heterocycles. The summed E-state index contributed by atoms with van der Waals surface area (Å²) in [5.41, 5.74) is 0. The van der Waals surface area contributed by atoms with Crippen LogP contribution in [0.3, 0.4) is 0 Å². The smallest absolute Gasteiger partial charge is 0.173 e. The van der Waals surface area contributed by atoms with Gasteiger partial charge in [-0.25, -0.2) is 0 Å². The fraction of sp³-hybridized carbons (Fsp3) is 0.833. The molecule has 3 heteroatoms. The van der Waals surface area contributed by atoms with E-state index in [1.807, 2.05) is 6.92 Å². The van der Waals surface area contributed by atoms with E-state index < -0.39 is 0 Å². The predicted octanol–water partition coefficient (Wildman–Crippen LogP) is 1.67. The number of hydrogen-bond acceptors (Lipinski definition) is 3. The first-order chi connectivity index (χ1) is 4.13. The van der Waals surface area contributed by atoms with Gasteiger partial charge in [-0.05, 0) is 19.1 Å². The van der Waals surface area contributed by atoms with Crippen molar-refractivity contribution in [2.75, 3.05) is 0 Å². The molecule has 0 aromatic heterocycles. The molecule has 0 saturated carbocycles. The molecule has 1 saturated heterocycles. The molecular formula is C6H10OS2. The van der Waals surface area contributed by atoms with Gasteiger partial charge in [0.25, 0.3) is 0 Å². The van der Waals surface area contributed by atoms with E-state index in [-0.39, 0.29) is 11.4 Å². The normalized spacial score (nSPS) is 43.0.